The van der Waals surface area contributed by atoms with Gasteiger partial charge >= 0.3 is 5.97 Å². The van der Waals surface area contributed by atoms with Crippen LogP contribution in [0.5, 0.6) is 0 Å². The molecule has 1 heterocycles. The largest absolute Gasteiger partial charge is 0.464 e. The van der Waals surface area contributed by atoms with Crippen LogP contribution >= 0.6 is 15.9 Å². The molecule has 7 heteroatoms. The lowest BCUT2D eigenvalue weighted by molar-refractivity contribution is 0.0596. The number of rotatable bonds is 3. The Hall–Kier alpha value is -1.89. The Morgan fingerprint density at radius 3 is 2.80 bits per heavy atom. The van der Waals surface area contributed by atoms with Gasteiger partial charge < -0.3 is 10.5 Å². The molecule has 2 aromatic rings. The molecular weight excluding hydrogens is 329 g/mol. The first-order valence-electron chi connectivity index (χ1n) is 5.90. The average Bonchev–Trinajstić information content (AvgIpc) is 2.78. The number of benzene rings is 1. The molecule has 0 aliphatic heterocycles. The van der Waals surface area contributed by atoms with Crippen molar-refractivity contribution in [3.05, 3.63) is 40.0 Å². The average molecular weight is 342 g/mol. The summed E-state index contributed by atoms with van der Waals surface area (Å²) in [6.07, 6.45) is 0.541. The second-order valence-corrected chi connectivity index (χ2v) is 4.90. The Labute approximate surface area is 123 Å². The molecule has 2 rings (SSSR count). The van der Waals surface area contributed by atoms with E-state index in [0.29, 0.717) is 22.4 Å². The van der Waals surface area contributed by atoms with Crippen LogP contribution in [0.4, 0.5) is 10.2 Å². The van der Waals surface area contributed by atoms with Crippen LogP contribution < -0.4 is 5.73 Å². The van der Waals surface area contributed by atoms with Crippen molar-refractivity contribution in [1.29, 1.82) is 0 Å². The van der Waals surface area contributed by atoms with E-state index in [0.717, 1.165) is 0 Å². The zero-order chi connectivity index (χ0) is 14.9. The van der Waals surface area contributed by atoms with Gasteiger partial charge in [0.1, 0.15) is 17.5 Å². The van der Waals surface area contributed by atoms with Gasteiger partial charge in [-0.25, -0.2) is 14.2 Å². The number of nitrogen functional groups attached to an aromatic ring is 1. The molecule has 0 fully saturated rings. The highest BCUT2D eigenvalue weighted by Gasteiger charge is 2.21. The molecule has 1 aromatic heterocycles. The number of esters is 1. The van der Waals surface area contributed by atoms with E-state index in [9.17, 15) is 9.18 Å². The number of imidazole rings is 1. The number of ether oxygens (including phenoxy) is 1. The van der Waals surface area contributed by atoms with Gasteiger partial charge in [-0.05, 0) is 34.1 Å². The van der Waals surface area contributed by atoms with Crippen molar-refractivity contribution >= 4 is 27.7 Å². The normalized spacial score (nSPS) is 10.6. The summed E-state index contributed by atoms with van der Waals surface area (Å²) in [4.78, 5) is 15.8. The van der Waals surface area contributed by atoms with Crippen LogP contribution in [0.3, 0.4) is 0 Å². The van der Waals surface area contributed by atoms with Crippen molar-refractivity contribution in [2.24, 2.45) is 0 Å². The minimum Gasteiger partial charge on any atom is -0.464 e. The Balaban J connectivity index is 2.63. The Morgan fingerprint density at radius 1 is 1.55 bits per heavy atom. The maximum Gasteiger partial charge on any atom is 0.360 e. The molecule has 20 heavy (non-hydrogen) atoms. The van der Waals surface area contributed by atoms with E-state index < -0.39 is 11.8 Å². The number of anilines is 1. The van der Waals surface area contributed by atoms with Crippen molar-refractivity contribution < 1.29 is 13.9 Å². The van der Waals surface area contributed by atoms with Gasteiger partial charge in [0, 0.05) is 6.42 Å². The van der Waals surface area contributed by atoms with Crippen LogP contribution in [0.1, 0.15) is 23.2 Å². The number of nitrogens with zero attached hydrogens (tertiary/aromatic N) is 2. The van der Waals surface area contributed by atoms with E-state index >= 15 is 0 Å². The number of methoxy groups -OCH3 is 1. The van der Waals surface area contributed by atoms with Gasteiger partial charge in [0.2, 0.25) is 0 Å². The van der Waals surface area contributed by atoms with Crippen LogP contribution in [0, 0.1) is 5.82 Å². The molecule has 0 radical (unpaired) electrons. The fourth-order valence-electron chi connectivity index (χ4n) is 1.88. The number of aromatic nitrogens is 2. The smallest absolute Gasteiger partial charge is 0.360 e. The van der Waals surface area contributed by atoms with Crippen LogP contribution in [-0.4, -0.2) is 22.6 Å². The standard InChI is InChI=1S/C13H13BrFN3O2/c1-3-10-17-11(13(19)20-2)12(16)18(10)7-4-5-8(14)9(15)6-7/h4-6H,3,16H2,1-2H3. The molecule has 0 saturated carbocycles. The molecule has 0 amide bonds. The van der Waals surface area contributed by atoms with Gasteiger partial charge in [-0.15, -0.1) is 0 Å². The number of aryl methyl sites for hydroxylation is 1. The molecule has 106 valence electrons. The summed E-state index contributed by atoms with van der Waals surface area (Å²) in [6.45, 7) is 1.87. The van der Waals surface area contributed by atoms with Crippen molar-refractivity contribution in [3.8, 4) is 5.69 Å². The maximum atomic E-state index is 13.7. The highest BCUT2D eigenvalue weighted by Crippen LogP contribution is 2.25. The third kappa shape index (κ3) is 2.40. The second kappa shape index (κ2) is 5.62. The van der Waals surface area contributed by atoms with E-state index in [1.165, 1.54) is 13.2 Å². The van der Waals surface area contributed by atoms with Gasteiger partial charge in [-0.1, -0.05) is 6.92 Å². The summed E-state index contributed by atoms with van der Waals surface area (Å²) < 4.78 is 20.2. The third-order valence-corrected chi connectivity index (χ3v) is 3.48. The van der Waals surface area contributed by atoms with Gasteiger partial charge in [0.15, 0.2) is 5.69 Å². The van der Waals surface area contributed by atoms with Crippen molar-refractivity contribution in [1.82, 2.24) is 9.55 Å². The molecule has 0 saturated heterocycles. The lowest BCUT2D eigenvalue weighted by Gasteiger charge is -2.09. The van der Waals surface area contributed by atoms with E-state index in [2.05, 4.69) is 25.7 Å². The molecule has 0 unspecified atom stereocenters. The van der Waals surface area contributed by atoms with E-state index in [1.54, 1.807) is 16.7 Å². The number of carbonyl (C=O) groups is 1. The predicted molar refractivity (Wildman–Crippen MR) is 76.4 cm³/mol. The summed E-state index contributed by atoms with van der Waals surface area (Å²) >= 11 is 3.09. The van der Waals surface area contributed by atoms with E-state index in [-0.39, 0.29) is 11.5 Å². The first kappa shape index (κ1) is 14.5. The summed E-state index contributed by atoms with van der Waals surface area (Å²) in [5.74, 6) is -0.342. The number of nitrogens with two attached hydrogens (primary N) is 1. The number of halogens is 2. The first-order chi connectivity index (χ1) is 9.49. The molecule has 1 aromatic carbocycles. The van der Waals surface area contributed by atoms with E-state index in [4.69, 9.17) is 5.73 Å². The third-order valence-electron chi connectivity index (χ3n) is 2.84. The summed E-state index contributed by atoms with van der Waals surface area (Å²) in [6, 6.07) is 4.58. The van der Waals surface area contributed by atoms with Crippen LogP contribution in [0.15, 0.2) is 22.7 Å². The zero-order valence-corrected chi connectivity index (χ0v) is 12.6. The minimum atomic E-state index is -0.617. The van der Waals surface area contributed by atoms with Gasteiger partial charge in [-0.3, -0.25) is 4.57 Å². The summed E-state index contributed by atoms with van der Waals surface area (Å²) in [5.41, 5.74) is 6.48. The minimum absolute atomic E-state index is 0.0349. The molecule has 0 spiro atoms. The lowest BCUT2D eigenvalue weighted by Crippen LogP contribution is -2.08. The molecule has 0 bridgehead atoms. The predicted octanol–water partition coefficient (Wildman–Crippen LogP) is 2.71. The molecule has 0 aliphatic carbocycles. The van der Waals surface area contributed by atoms with Crippen LogP contribution in [0.25, 0.3) is 5.69 Å². The number of hydrogen-bond acceptors (Lipinski definition) is 4. The van der Waals surface area contributed by atoms with Gasteiger partial charge in [-0.2, -0.15) is 0 Å². The van der Waals surface area contributed by atoms with Crippen LogP contribution in [0.2, 0.25) is 0 Å². The Bertz CT molecular complexity index is 670. The molecule has 5 nitrogen and oxygen atoms in total. The highest BCUT2D eigenvalue weighted by atomic mass is 79.9. The first-order valence-corrected chi connectivity index (χ1v) is 6.69. The van der Waals surface area contributed by atoms with Crippen molar-refractivity contribution in [3.63, 3.8) is 0 Å². The Morgan fingerprint density at radius 2 is 2.25 bits per heavy atom. The van der Waals surface area contributed by atoms with Crippen molar-refractivity contribution in [2.75, 3.05) is 12.8 Å². The van der Waals surface area contributed by atoms with Crippen molar-refractivity contribution in [2.45, 2.75) is 13.3 Å². The lowest BCUT2D eigenvalue weighted by atomic mass is 10.3. The maximum absolute atomic E-state index is 13.7. The molecule has 0 aliphatic rings. The number of hydrogen-bond donors (Lipinski definition) is 1. The topological polar surface area (TPSA) is 70.1 Å². The quantitative estimate of drug-likeness (QED) is 0.871. The monoisotopic (exact) mass is 341 g/mol. The second-order valence-electron chi connectivity index (χ2n) is 4.04. The van der Waals surface area contributed by atoms with E-state index in [1.807, 2.05) is 6.92 Å². The van der Waals surface area contributed by atoms with Crippen LogP contribution in [-0.2, 0) is 11.2 Å². The Kier molecular flexibility index (Phi) is 4.08. The molecule has 0 atom stereocenters. The van der Waals surface area contributed by atoms with Gasteiger partial charge in [0.05, 0.1) is 17.3 Å². The highest BCUT2D eigenvalue weighted by molar-refractivity contribution is 9.10. The fourth-order valence-corrected chi connectivity index (χ4v) is 2.12. The summed E-state index contributed by atoms with van der Waals surface area (Å²) in [5, 5.41) is 0. The zero-order valence-electron chi connectivity index (χ0n) is 11.0. The van der Waals surface area contributed by atoms with Gasteiger partial charge in [0.25, 0.3) is 0 Å². The SMILES string of the molecule is CCc1nc(C(=O)OC)c(N)n1-c1ccc(Br)c(F)c1. The number of carbonyl (C=O) groups excluding carboxylic acids is 1. The molecule has 2 N–H and O–H groups in total. The fraction of sp³-hybridized carbons (Fsp3) is 0.231. The molecular formula is C13H13BrFN3O2. The summed E-state index contributed by atoms with van der Waals surface area (Å²) in [7, 11) is 1.26.